The summed E-state index contributed by atoms with van der Waals surface area (Å²) in [6, 6.07) is -0.205. The van der Waals surface area contributed by atoms with Crippen molar-refractivity contribution in [1.29, 1.82) is 0 Å². The molecule has 0 aromatic rings. The first kappa shape index (κ1) is 15.8. The molecule has 0 heterocycles. The molecule has 0 saturated heterocycles. The van der Waals surface area contributed by atoms with Crippen LogP contribution in [0, 0.1) is 5.41 Å². The molecule has 0 N–H and O–H groups in total. The molecule has 0 rings (SSSR count). The number of hydrogen-bond donors (Lipinski definition) is 0. The highest BCUT2D eigenvalue weighted by Crippen LogP contribution is 2.22. The van der Waals surface area contributed by atoms with Crippen LogP contribution in [0.15, 0.2) is 9.98 Å². The number of hydrogen-bond acceptors (Lipinski definition) is 4. The minimum atomic E-state index is -0.205. The van der Waals surface area contributed by atoms with Gasteiger partial charge in [0.2, 0.25) is 12.2 Å². The maximum Gasteiger partial charge on any atom is 0.235 e. The van der Waals surface area contributed by atoms with Gasteiger partial charge in [0.25, 0.3) is 0 Å². The summed E-state index contributed by atoms with van der Waals surface area (Å²) in [6.45, 7) is 6.93. The number of isocyanates is 2. The van der Waals surface area contributed by atoms with E-state index in [0.717, 1.165) is 19.3 Å². The predicted octanol–water partition coefficient (Wildman–Crippen LogP) is 3.02. The second-order valence-corrected chi connectivity index (χ2v) is 5.47. The van der Waals surface area contributed by atoms with Gasteiger partial charge < -0.3 is 0 Å². The van der Waals surface area contributed by atoms with E-state index in [4.69, 9.17) is 0 Å². The molecule has 0 radical (unpaired) electrons. The number of nitrogens with zero attached hydrogens (tertiary/aromatic N) is 2. The minimum absolute atomic E-state index is 0.205. The fourth-order valence-corrected chi connectivity index (χ4v) is 1.63. The zero-order chi connectivity index (χ0) is 13.1. The first-order valence-electron chi connectivity index (χ1n) is 6.10. The Labute approximate surface area is 103 Å². The van der Waals surface area contributed by atoms with E-state index >= 15 is 0 Å². The normalized spacial score (nSPS) is 12.4. The van der Waals surface area contributed by atoms with E-state index in [0.29, 0.717) is 5.41 Å². The van der Waals surface area contributed by atoms with E-state index < -0.39 is 0 Å². The largest absolute Gasteiger partial charge is 0.235 e. The second kappa shape index (κ2) is 8.86. The van der Waals surface area contributed by atoms with Gasteiger partial charge in [0.05, 0.1) is 12.6 Å². The first-order valence-corrected chi connectivity index (χ1v) is 6.10. The monoisotopic (exact) mass is 238 g/mol. The van der Waals surface area contributed by atoms with Crippen molar-refractivity contribution in [3.8, 4) is 0 Å². The summed E-state index contributed by atoms with van der Waals surface area (Å²) >= 11 is 0. The molecular weight excluding hydrogens is 216 g/mol. The summed E-state index contributed by atoms with van der Waals surface area (Å²) < 4.78 is 0. The number of rotatable bonds is 8. The Morgan fingerprint density at radius 2 is 1.76 bits per heavy atom. The van der Waals surface area contributed by atoms with Crippen molar-refractivity contribution in [2.45, 2.75) is 58.9 Å². The van der Waals surface area contributed by atoms with Crippen LogP contribution in [0.5, 0.6) is 0 Å². The third kappa shape index (κ3) is 11.0. The molecular formula is C13H22N2O2. The van der Waals surface area contributed by atoms with Gasteiger partial charge in [-0.25, -0.2) is 19.6 Å². The average molecular weight is 238 g/mol. The summed E-state index contributed by atoms with van der Waals surface area (Å²) in [5, 5.41) is 0. The van der Waals surface area contributed by atoms with Gasteiger partial charge in [0, 0.05) is 0 Å². The summed E-state index contributed by atoms with van der Waals surface area (Å²) in [5.74, 6) is 0. The standard InChI is InChI=1S/C13H22N2O2/c1-13(2,3)8-6-4-5-7-12(15-11-17)9-14-10-16/h12H,4-9H2,1-3H3. The van der Waals surface area contributed by atoms with Crippen molar-refractivity contribution >= 4 is 12.2 Å². The van der Waals surface area contributed by atoms with E-state index in [1.54, 1.807) is 0 Å². The van der Waals surface area contributed by atoms with Gasteiger partial charge in [-0.15, -0.1) is 0 Å². The lowest BCUT2D eigenvalue weighted by atomic mass is 9.89. The summed E-state index contributed by atoms with van der Waals surface area (Å²) in [4.78, 5) is 27.2. The summed E-state index contributed by atoms with van der Waals surface area (Å²) in [7, 11) is 0. The molecule has 1 atom stereocenters. The smallest absolute Gasteiger partial charge is 0.211 e. The minimum Gasteiger partial charge on any atom is -0.211 e. The van der Waals surface area contributed by atoms with E-state index in [1.165, 1.54) is 25.0 Å². The van der Waals surface area contributed by atoms with Gasteiger partial charge in [0.1, 0.15) is 0 Å². The quantitative estimate of drug-likeness (QED) is 0.371. The molecule has 0 amide bonds. The Morgan fingerprint density at radius 3 is 2.29 bits per heavy atom. The van der Waals surface area contributed by atoms with E-state index in [9.17, 15) is 9.59 Å². The van der Waals surface area contributed by atoms with Gasteiger partial charge in [-0.3, -0.25) is 0 Å². The van der Waals surface area contributed by atoms with Crippen LogP contribution in [0.1, 0.15) is 52.9 Å². The summed E-state index contributed by atoms with van der Waals surface area (Å²) in [5.41, 5.74) is 0.377. The molecule has 0 bridgehead atoms. The van der Waals surface area contributed by atoms with Crippen molar-refractivity contribution in [2.75, 3.05) is 6.54 Å². The van der Waals surface area contributed by atoms with Crippen molar-refractivity contribution < 1.29 is 9.59 Å². The number of unbranched alkanes of at least 4 members (excludes halogenated alkanes) is 2. The maximum atomic E-state index is 10.2. The maximum absolute atomic E-state index is 10.2. The Bertz CT molecular complexity index is 295. The van der Waals surface area contributed by atoms with Crippen LogP contribution in [0.3, 0.4) is 0 Å². The third-order valence-electron chi connectivity index (χ3n) is 2.57. The number of aliphatic imine (C=N–C) groups is 2. The van der Waals surface area contributed by atoms with E-state index in [1.807, 2.05) is 0 Å². The van der Waals surface area contributed by atoms with Crippen molar-refractivity contribution in [3.63, 3.8) is 0 Å². The highest BCUT2D eigenvalue weighted by Gasteiger charge is 2.10. The lowest BCUT2D eigenvalue weighted by molar-refractivity contribution is 0.355. The van der Waals surface area contributed by atoms with Crippen LogP contribution in [0.2, 0.25) is 0 Å². The fraction of sp³-hybridized carbons (Fsp3) is 0.846. The van der Waals surface area contributed by atoms with Gasteiger partial charge in [0.15, 0.2) is 0 Å². The predicted molar refractivity (Wildman–Crippen MR) is 67.4 cm³/mol. The fourth-order valence-electron chi connectivity index (χ4n) is 1.63. The number of carbonyl (C=O) groups excluding carboxylic acids is 2. The molecule has 0 aromatic heterocycles. The third-order valence-corrected chi connectivity index (χ3v) is 2.57. The zero-order valence-electron chi connectivity index (χ0n) is 11.0. The molecule has 4 nitrogen and oxygen atoms in total. The molecule has 96 valence electrons. The molecule has 1 unspecified atom stereocenters. The SMILES string of the molecule is CC(C)(C)CCCCCC(CN=C=O)N=C=O. The van der Waals surface area contributed by atoms with Crippen molar-refractivity contribution in [1.82, 2.24) is 0 Å². The Kier molecular flexibility index (Phi) is 8.21. The average Bonchev–Trinajstić information content (AvgIpc) is 2.23. The van der Waals surface area contributed by atoms with Crippen LogP contribution < -0.4 is 0 Å². The molecule has 0 saturated carbocycles. The molecule has 0 spiro atoms. The van der Waals surface area contributed by atoms with Crippen molar-refractivity contribution in [2.24, 2.45) is 15.4 Å². The van der Waals surface area contributed by atoms with E-state index in [-0.39, 0.29) is 12.6 Å². The molecule has 0 aliphatic heterocycles. The highest BCUT2D eigenvalue weighted by molar-refractivity contribution is 5.35. The molecule has 0 aliphatic rings. The molecule has 0 fully saturated rings. The Hall–Kier alpha value is -1.24. The van der Waals surface area contributed by atoms with Crippen molar-refractivity contribution in [3.05, 3.63) is 0 Å². The van der Waals surface area contributed by atoms with Gasteiger partial charge in [-0.1, -0.05) is 40.0 Å². The molecule has 17 heavy (non-hydrogen) atoms. The second-order valence-electron chi connectivity index (χ2n) is 5.47. The van der Waals surface area contributed by atoms with Crippen LogP contribution in [0.25, 0.3) is 0 Å². The molecule has 0 aromatic carbocycles. The summed E-state index contributed by atoms with van der Waals surface area (Å²) in [6.07, 6.45) is 8.26. The zero-order valence-corrected chi connectivity index (χ0v) is 11.0. The lowest BCUT2D eigenvalue weighted by Gasteiger charge is -2.17. The van der Waals surface area contributed by atoms with Crippen LogP contribution in [-0.2, 0) is 9.59 Å². The van der Waals surface area contributed by atoms with Gasteiger partial charge >= 0.3 is 0 Å². The topological polar surface area (TPSA) is 58.9 Å². The lowest BCUT2D eigenvalue weighted by Crippen LogP contribution is -2.09. The van der Waals surface area contributed by atoms with Gasteiger partial charge in [-0.2, -0.15) is 0 Å². The Balaban J connectivity index is 3.75. The van der Waals surface area contributed by atoms with Crippen LogP contribution in [0.4, 0.5) is 0 Å². The first-order chi connectivity index (χ1) is 7.99. The van der Waals surface area contributed by atoms with Gasteiger partial charge in [-0.05, 0) is 18.3 Å². The van der Waals surface area contributed by atoms with Crippen LogP contribution in [-0.4, -0.2) is 24.7 Å². The van der Waals surface area contributed by atoms with Crippen LogP contribution >= 0.6 is 0 Å². The molecule has 0 aliphatic carbocycles. The van der Waals surface area contributed by atoms with E-state index in [2.05, 4.69) is 30.8 Å². The Morgan fingerprint density at radius 1 is 1.06 bits per heavy atom. The molecule has 4 heteroatoms. The highest BCUT2D eigenvalue weighted by atomic mass is 16.1.